The summed E-state index contributed by atoms with van der Waals surface area (Å²) >= 11 is 5.69. The van der Waals surface area contributed by atoms with Gasteiger partial charge >= 0.3 is 0 Å². The van der Waals surface area contributed by atoms with Gasteiger partial charge in [0.25, 0.3) is 5.91 Å². The second kappa shape index (κ2) is 6.68. The monoisotopic (exact) mass is 310 g/mol. The van der Waals surface area contributed by atoms with E-state index < -0.39 is 0 Å². The maximum absolute atomic E-state index is 12.3. The highest BCUT2D eigenvalue weighted by Crippen LogP contribution is 2.15. The molecule has 114 valence electrons. The lowest BCUT2D eigenvalue weighted by molar-refractivity contribution is 0.0429. The van der Waals surface area contributed by atoms with E-state index in [9.17, 15) is 4.79 Å². The van der Waals surface area contributed by atoms with Crippen molar-refractivity contribution in [3.05, 3.63) is 23.2 Å². The van der Waals surface area contributed by atoms with Crippen LogP contribution < -0.4 is 0 Å². The summed E-state index contributed by atoms with van der Waals surface area (Å²) in [4.78, 5) is 24.4. The van der Waals surface area contributed by atoms with E-state index in [0.29, 0.717) is 17.0 Å². The minimum atomic E-state index is -0.0732. The number of amides is 1. The van der Waals surface area contributed by atoms with Gasteiger partial charge in [0, 0.05) is 39.3 Å². The molecular weight excluding hydrogens is 292 g/mol. The lowest BCUT2D eigenvalue weighted by atomic mass is 10.2. The summed E-state index contributed by atoms with van der Waals surface area (Å²) in [5.41, 5.74) is 0.354. The zero-order chi connectivity index (χ0) is 14.7. The number of carbonyl (C=O) groups is 1. The number of piperazine rings is 1. The second-order valence-corrected chi connectivity index (χ2v) is 5.84. The highest BCUT2D eigenvalue weighted by atomic mass is 35.5. The van der Waals surface area contributed by atoms with Crippen molar-refractivity contribution in [2.24, 2.45) is 0 Å². The van der Waals surface area contributed by atoms with E-state index in [1.807, 2.05) is 4.90 Å². The van der Waals surface area contributed by atoms with Gasteiger partial charge in [0.05, 0.1) is 18.5 Å². The third-order valence-electron chi connectivity index (χ3n) is 3.98. The molecule has 0 aliphatic carbocycles. The standard InChI is InChI=1S/C14H19ClN4O2/c15-13-9-16-12(8-17-13)14(20)19-5-3-18(4-6-19)10-11-2-1-7-21-11/h8-9,11H,1-7,10H2. The zero-order valence-corrected chi connectivity index (χ0v) is 12.6. The van der Waals surface area contributed by atoms with Crippen molar-refractivity contribution in [2.75, 3.05) is 39.3 Å². The molecule has 1 aromatic rings. The van der Waals surface area contributed by atoms with Gasteiger partial charge in [-0.3, -0.25) is 9.69 Å². The van der Waals surface area contributed by atoms with Crippen LogP contribution in [-0.2, 0) is 4.74 Å². The van der Waals surface area contributed by atoms with Gasteiger partial charge in [-0.25, -0.2) is 9.97 Å². The molecule has 1 atom stereocenters. The van der Waals surface area contributed by atoms with Gasteiger partial charge in [0.1, 0.15) is 10.8 Å². The van der Waals surface area contributed by atoms with E-state index in [4.69, 9.17) is 16.3 Å². The van der Waals surface area contributed by atoms with Crippen LogP contribution in [0.25, 0.3) is 0 Å². The molecule has 1 unspecified atom stereocenters. The quantitative estimate of drug-likeness (QED) is 0.836. The molecule has 3 rings (SSSR count). The van der Waals surface area contributed by atoms with Crippen LogP contribution in [0.1, 0.15) is 23.3 Å². The molecular formula is C14H19ClN4O2. The Labute approximate surface area is 129 Å². The predicted molar refractivity (Wildman–Crippen MR) is 78.4 cm³/mol. The summed E-state index contributed by atoms with van der Waals surface area (Å²) in [6.07, 6.45) is 5.53. The molecule has 2 saturated heterocycles. The van der Waals surface area contributed by atoms with E-state index in [1.54, 1.807) is 0 Å². The van der Waals surface area contributed by atoms with Crippen LogP contribution in [0.15, 0.2) is 12.4 Å². The van der Waals surface area contributed by atoms with Crippen molar-refractivity contribution >= 4 is 17.5 Å². The number of carbonyl (C=O) groups excluding carboxylic acids is 1. The van der Waals surface area contributed by atoms with Crippen molar-refractivity contribution < 1.29 is 9.53 Å². The van der Waals surface area contributed by atoms with E-state index in [1.165, 1.54) is 18.8 Å². The molecule has 1 amide bonds. The van der Waals surface area contributed by atoms with Gasteiger partial charge in [-0.15, -0.1) is 0 Å². The van der Waals surface area contributed by atoms with Crippen LogP contribution in [0.2, 0.25) is 5.15 Å². The number of halogens is 1. The molecule has 0 bridgehead atoms. The Morgan fingerprint density at radius 3 is 2.71 bits per heavy atom. The van der Waals surface area contributed by atoms with Crippen LogP contribution in [0.4, 0.5) is 0 Å². The fourth-order valence-electron chi connectivity index (χ4n) is 2.79. The smallest absolute Gasteiger partial charge is 0.274 e. The van der Waals surface area contributed by atoms with Crippen LogP contribution in [-0.4, -0.2) is 71.1 Å². The average molecular weight is 311 g/mol. The van der Waals surface area contributed by atoms with Gasteiger partial charge in [-0.1, -0.05) is 11.6 Å². The summed E-state index contributed by atoms with van der Waals surface area (Å²) < 4.78 is 5.66. The van der Waals surface area contributed by atoms with E-state index in [2.05, 4.69) is 14.9 Å². The highest BCUT2D eigenvalue weighted by Gasteiger charge is 2.25. The summed E-state index contributed by atoms with van der Waals surface area (Å²) in [7, 11) is 0. The molecule has 21 heavy (non-hydrogen) atoms. The lowest BCUT2D eigenvalue weighted by Gasteiger charge is -2.35. The Hall–Kier alpha value is -1.24. The molecule has 0 spiro atoms. The molecule has 0 radical (unpaired) electrons. The molecule has 2 aliphatic heterocycles. The first kappa shape index (κ1) is 14.7. The fourth-order valence-corrected chi connectivity index (χ4v) is 2.89. The number of hydrogen-bond acceptors (Lipinski definition) is 5. The first-order valence-electron chi connectivity index (χ1n) is 7.33. The van der Waals surface area contributed by atoms with E-state index >= 15 is 0 Å². The number of hydrogen-bond donors (Lipinski definition) is 0. The molecule has 3 heterocycles. The van der Waals surface area contributed by atoms with Gasteiger partial charge in [-0.2, -0.15) is 0 Å². The Balaban J connectivity index is 1.50. The first-order valence-corrected chi connectivity index (χ1v) is 7.71. The largest absolute Gasteiger partial charge is 0.377 e. The summed E-state index contributed by atoms with van der Waals surface area (Å²) in [6, 6.07) is 0. The van der Waals surface area contributed by atoms with Crippen molar-refractivity contribution in [1.29, 1.82) is 0 Å². The molecule has 1 aromatic heterocycles. The Morgan fingerprint density at radius 1 is 1.29 bits per heavy atom. The second-order valence-electron chi connectivity index (χ2n) is 5.45. The predicted octanol–water partition coefficient (Wildman–Crippen LogP) is 1.07. The molecule has 0 N–H and O–H groups in total. The average Bonchev–Trinajstić information content (AvgIpc) is 3.01. The molecule has 0 aromatic carbocycles. The Bertz CT molecular complexity index is 482. The van der Waals surface area contributed by atoms with Crippen LogP contribution in [0.3, 0.4) is 0 Å². The normalized spacial score (nSPS) is 23.5. The summed E-state index contributed by atoms with van der Waals surface area (Å²) in [5.74, 6) is -0.0732. The number of rotatable bonds is 3. The molecule has 6 nitrogen and oxygen atoms in total. The maximum Gasteiger partial charge on any atom is 0.274 e. The number of aromatic nitrogens is 2. The SMILES string of the molecule is O=C(c1cnc(Cl)cn1)N1CCN(CC2CCCO2)CC1. The fraction of sp³-hybridized carbons (Fsp3) is 0.643. The Kier molecular flexibility index (Phi) is 4.67. The lowest BCUT2D eigenvalue weighted by Crippen LogP contribution is -2.50. The highest BCUT2D eigenvalue weighted by molar-refractivity contribution is 6.29. The molecule has 7 heteroatoms. The third-order valence-corrected chi connectivity index (χ3v) is 4.18. The first-order chi connectivity index (χ1) is 10.2. The van der Waals surface area contributed by atoms with Crippen LogP contribution in [0, 0.1) is 0 Å². The minimum Gasteiger partial charge on any atom is -0.377 e. The summed E-state index contributed by atoms with van der Waals surface area (Å²) in [5, 5.41) is 0.299. The van der Waals surface area contributed by atoms with Gasteiger partial charge in [0.15, 0.2) is 0 Å². The van der Waals surface area contributed by atoms with Crippen molar-refractivity contribution in [2.45, 2.75) is 18.9 Å². The van der Waals surface area contributed by atoms with Crippen LogP contribution >= 0.6 is 11.6 Å². The van der Waals surface area contributed by atoms with Crippen LogP contribution in [0.5, 0.6) is 0 Å². The molecule has 2 aliphatic rings. The van der Waals surface area contributed by atoms with Gasteiger partial charge in [0.2, 0.25) is 0 Å². The minimum absolute atomic E-state index is 0.0732. The van der Waals surface area contributed by atoms with E-state index in [0.717, 1.165) is 45.8 Å². The molecule has 0 saturated carbocycles. The molecule has 2 fully saturated rings. The van der Waals surface area contributed by atoms with Crippen molar-refractivity contribution in [1.82, 2.24) is 19.8 Å². The van der Waals surface area contributed by atoms with Crippen molar-refractivity contribution in [3.8, 4) is 0 Å². The Morgan fingerprint density at radius 2 is 2.10 bits per heavy atom. The number of ether oxygens (including phenoxy) is 1. The maximum atomic E-state index is 12.3. The number of nitrogens with zero attached hydrogens (tertiary/aromatic N) is 4. The van der Waals surface area contributed by atoms with Gasteiger partial charge in [-0.05, 0) is 12.8 Å². The van der Waals surface area contributed by atoms with Gasteiger partial charge < -0.3 is 9.64 Å². The third kappa shape index (κ3) is 3.70. The van der Waals surface area contributed by atoms with Crippen molar-refractivity contribution in [3.63, 3.8) is 0 Å². The zero-order valence-electron chi connectivity index (χ0n) is 11.9. The topological polar surface area (TPSA) is 58.6 Å². The summed E-state index contributed by atoms with van der Waals surface area (Å²) in [6.45, 7) is 5.06. The van der Waals surface area contributed by atoms with E-state index in [-0.39, 0.29) is 5.91 Å².